The summed E-state index contributed by atoms with van der Waals surface area (Å²) >= 11 is 0. The molecule has 0 unspecified atom stereocenters. The number of hydrogen-bond acceptors (Lipinski definition) is 3. The van der Waals surface area contributed by atoms with Gasteiger partial charge in [0.25, 0.3) is 5.91 Å². The number of nitrogens with two attached hydrogens (primary N) is 1. The Balaban J connectivity index is 1.92. The first-order valence-corrected chi connectivity index (χ1v) is 7.14. The maximum atomic E-state index is 12.3. The molecule has 110 valence electrons. The van der Waals surface area contributed by atoms with Crippen molar-refractivity contribution in [1.29, 1.82) is 0 Å². The van der Waals surface area contributed by atoms with Crippen LogP contribution in [0.2, 0.25) is 0 Å². The average molecular weight is 283 g/mol. The number of pyridine rings is 1. The van der Waals surface area contributed by atoms with Crippen LogP contribution in [-0.2, 0) is 12.8 Å². The van der Waals surface area contributed by atoms with Gasteiger partial charge in [0.05, 0.1) is 0 Å². The lowest BCUT2D eigenvalue weighted by atomic mass is 10.1. The molecule has 0 aliphatic heterocycles. The first kappa shape index (κ1) is 15.2. The number of nitrogens with zero attached hydrogens (tertiary/aromatic N) is 2. The van der Waals surface area contributed by atoms with Crippen LogP contribution < -0.4 is 5.73 Å². The second-order valence-corrected chi connectivity index (χ2v) is 5.07. The summed E-state index contributed by atoms with van der Waals surface area (Å²) in [5.74, 6) is 0.0448. The van der Waals surface area contributed by atoms with Gasteiger partial charge in [0.15, 0.2) is 0 Å². The fourth-order valence-corrected chi connectivity index (χ4v) is 2.15. The second-order valence-electron chi connectivity index (χ2n) is 5.07. The lowest BCUT2D eigenvalue weighted by Crippen LogP contribution is -2.28. The molecule has 0 atom stereocenters. The van der Waals surface area contributed by atoms with Gasteiger partial charge in [0, 0.05) is 31.5 Å². The molecule has 21 heavy (non-hydrogen) atoms. The molecule has 0 aliphatic carbocycles. The van der Waals surface area contributed by atoms with Gasteiger partial charge in [-0.1, -0.05) is 12.1 Å². The summed E-state index contributed by atoms with van der Waals surface area (Å²) in [4.78, 5) is 18.1. The number of likely N-dealkylation sites (N-methyl/N-ethyl adjacent to an activating group) is 1. The van der Waals surface area contributed by atoms with E-state index in [1.807, 2.05) is 43.4 Å². The van der Waals surface area contributed by atoms with Gasteiger partial charge >= 0.3 is 0 Å². The predicted octanol–water partition coefficient (Wildman–Crippen LogP) is 1.90. The van der Waals surface area contributed by atoms with Crippen molar-refractivity contribution in [2.45, 2.75) is 12.8 Å². The Morgan fingerprint density at radius 3 is 2.29 bits per heavy atom. The molecule has 1 amide bonds. The van der Waals surface area contributed by atoms with Gasteiger partial charge in [-0.2, -0.15) is 0 Å². The first-order chi connectivity index (χ1) is 10.2. The lowest BCUT2D eigenvalue weighted by molar-refractivity contribution is 0.0796. The Bertz CT molecular complexity index is 566. The fourth-order valence-electron chi connectivity index (χ4n) is 2.15. The summed E-state index contributed by atoms with van der Waals surface area (Å²) in [5.41, 5.74) is 8.58. The van der Waals surface area contributed by atoms with E-state index in [0.717, 1.165) is 18.4 Å². The van der Waals surface area contributed by atoms with E-state index in [1.165, 1.54) is 5.56 Å². The SMILES string of the molecule is CN(CCc1ccncc1)C(=O)c1ccc(CCN)cc1. The Morgan fingerprint density at radius 2 is 1.67 bits per heavy atom. The monoisotopic (exact) mass is 283 g/mol. The predicted molar refractivity (Wildman–Crippen MR) is 84.1 cm³/mol. The zero-order chi connectivity index (χ0) is 15.1. The summed E-state index contributed by atoms with van der Waals surface area (Å²) in [7, 11) is 1.83. The van der Waals surface area contributed by atoms with E-state index in [-0.39, 0.29) is 5.91 Å². The number of carbonyl (C=O) groups is 1. The van der Waals surface area contributed by atoms with Gasteiger partial charge in [-0.15, -0.1) is 0 Å². The van der Waals surface area contributed by atoms with Crippen LogP contribution in [0.15, 0.2) is 48.8 Å². The summed E-state index contributed by atoms with van der Waals surface area (Å²) in [6.07, 6.45) is 5.21. The highest BCUT2D eigenvalue weighted by atomic mass is 16.2. The van der Waals surface area contributed by atoms with Crippen LogP contribution in [0.4, 0.5) is 0 Å². The van der Waals surface area contributed by atoms with Crippen molar-refractivity contribution in [1.82, 2.24) is 9.88 Å². The minimum atomic E-state index is 0.0448. The molecule has 4 nitrogen and oxygen atoms in total. The van der Waals surface area contributed by atoms with Crippen molar-refractivity contribution in [2.75, 3.05) is 20.1 Å². The van der Waals surface area contributed by atoms with E-state index < -0.39 is 0 Å². The highest BCUT2D eigenvalue weighted by Gasteiger charge is 2.11. The summed E-state index contributed by atoms with van der Waals surface area (Å²) in [6, 6.07) is 11.6. The molecule has 1 heterocycles. The maximum Gasteiger partial charge on any atom is 0.253 e. The maximum absolute atomic E-state index is 12.3. The van der Waals surface area contributed by atoms with Gasteiger partial charge in [0.2, 0.25) is 0 Å². The van der Waals surface area contributed by atoms with Crippen molar-refractivity contribution in [3.8, 4) is 0 Å². The van der Waals surface area contributed by atoms with Crippen LogP contribution in [0.3, 0.4) is 0 Å². The molecule has 0 saturated heterocycles. The Labute approximate surface area is 125 Å². The molecule has 1 aromatic heterocycles. The number of amides is 1. The number of rotatable bonds is 6. The van der Waals surface area contributed by atoms with Crippen LogP contribution >= 0.6 is 0 Å². The fraction of sp³-hybridized carbons (Fsp3) is 0.294. The van der Waals surface area contributed by atoms with E-state index in [4.69, 9.17) is 5.73 Å². The minimum Gasteiger partial charge on any atom is -0.341 e. The normalized spacial score (nSPS) is 10.4. The standard InChI is InChI=1S/C17H21N3O/c1-20(13-9-15-7-11-19-12-8-15)17(21)16-4-2-14(3-5-16)6-10-18/h2-5,7-8,11-12H,6,9-10,13,18H2,1H3. The second kappa shape index (κ2) is 7.55. The van der Waals surface area contributed by atoms with E-state index in [1.54, 1.807) is 17.3 Å². The molecule has 0 bridgehead atoms. The Morgan fingerprint density at radius 1 is 1.05 bits per heavy atom. The molecule has 4 heteroatoms. The largest absolute Gasteiger partial charge is 0.341 e. The topological polar surface area (TPSA) is 59.2 Å². The van der Waals surface area contributed by atoms with Crippen molar-refractivity contribution >= 4 is 5.91 Å². The third-order valence-corrected chi connectivity index (χ3v) is 3.47. The van der Waals surface area contributed by atoms with Gasteiger partial charge in [-0.05, 0) is 54.8 Å². The molecule has 0 saturated carbocycles. The zero-order valence-electron chi connectivity index (χ0n) is 12.3. The minimum absolute atomic E-state index is 0.0448. The lowest BCUT2D eigenvalue weighted by Gasteiger charge is -2.17. The van der Waals surface area contributed by atoms with Gasteiger partial charge in [-0.3, -0.25) is 9.78 Å². The smallest absolute Gasteiger partial charge is 0.253 e. The van der Waals surface area contributed by atoms with E-state index in [9.17, 15) is 4.79 Å². The molecule has 2 rings (SSSR count). The number of benzene rings is 1. The summed E-state index contributed by atoms with van der Waals surface area (Å²) in [6.45, 7) is 1.31. The van der Waals surface area contributed by atoms with Crippen LogP contribution in [0, 0.1) is 0 Å². The zero-order valence-corrected chi connectivity index (χ0v) is 12.3. The van der Waals surface area contributed by atoms with Gasteiger partial charge in [0.1, 0.15) is 0 Å². The quantitative estimate of drug-likeness (QED) is 0.881. The van der Waals surface area contributed by atoms with Crippen molar-refractivity contribution in [3.63, 3.8) is 0 Å². The van der Waals surface area contributed by atoms with Gasteiger partial charge < -0.3 is 10.6 Å². The highest BCUT2D eigenvalue weighted by Crippen LogP contribution is 2.08. The molecular formula is C17H21N3O. The first-order valence-electron chi connectivity index (χ1n) is 7.14. The number of hydrogen-bond donors (Lipinski definition) is 1. The Kier molecular flexibility index (Phi) is 5.46. The van der Waals surface area contributed by atoms with Crippen LogP contribution in [0.1, 0.15) is 21.5 Å². The molecule has 0 spiro atoms. The van der Waals surface area contributed by atoms with Crippen LogP contribution in [-0.4, -0.2) is 35.9 Å². The van der Waals surface area contributed by atoms with Crippen molar-refractivity contribution < 1.29 is 4.79 Å². The van der Waals surface area contributed by atoms with Crippen LogP contribution in [0.25, 0.3) is 0 Å². The summed E-state index contributed by atoms with van der Waals surface area (Å²) in [5, 5.41) is 0. The van der Waals surface area contributed by atoms with Crippen molar-refractivity contribution in [3.05, 3.63) is 65.5 Å². The molecule has 1 aromatic carbocycles. The number of carbonyl (C=O) groups excluding carboxylic acids is 1. The van der Waals surface area contributed by atoms with Crippen molar-refractivity contribution in [2.24, 2.45) is 5.73 Å². The molecule has 0 fully saturated rings. The molecule has 2 aromatic rings. The molecule has 2 N–H and O–H groups in total. The molecule has 0 aliphatic rings. The third-order valence-electron chi connectivity index (χ3n) is 3.47. The number of aromatic nitrogens is 1. The third kappa shape index (κ3) is 4.39. The highest BCUT2D eigenvalue weighted by molar-refractivity contribution is 5.94. The average Bonchev–Trinajstić information content (AvgIpc) is 2.54. The van der Waals surface area contributed by atoms with Gasteiger partial charge in [-0.25, -0.2) is 0 Å². The van der Waals surface area contributed by atoms with E-state index in [0.29, 0.717) is 18.7 Å². The van der Waals surface area contributed by atoms with E-state index >= 15 is 0 Å². The summed E-state index contributed by atoms with van der Waals surface area (Å²) < 4.78 is 0. The Hall–Kier alpha value is -2.20. The molecule has 0 radical (unpaired) electrons. The molecular weight excluding hydrogens is 262 g/mol. The van der Waals surface area contributed by atoms with Crippen LogP contribution in [0.5, 0.6) is 0 Å². The van der Waals surface area contributed by atoms with E-state index in [2.05, 4.69) is 4.98 Å².